The average Bonchev–Trinajstić information content (AvgIpc) is 3.17. The van der Waals surface area contributed by atoms with Crippen LogP contribution >= 0.6 is 27.7 Å². The quantitative estimate of drug-likeness (QED) is 0.250. The molecule has 1 aliphatic heterocycles. The smallest absolute Gasteiger partial charge is 0.337 e. The molecule has 0 unspecified atom stereocenters. The third-order valence-corrected chi connectivity index (χ3v) is 6.73. The maximum atomic E-state index is 13.0. The molecule has 1 saturated heterocycles. The Hall–Kier alpha value is -3.36. The fraction of sp³-hybridized carbons (Fsp3) is 0.148. The minimum Gasteiger partial charge on any atom is -0.489 e. The van der Waals surface area contributed by atoms with Gasteiger partial charge in [-0.2, -0.15) is 0 Å². The summed E-state index contributed by atoms with van der Waals surface area (Å²) in [5, 5.41) is 0.570. The van der Waals surface area contributed by atoms with Crippen LogP contribution in [0.25, 0.3) is 6.08 Å². The predicted octanol–water partition coefficient (Wildman–Crippen LogP) is 6.44. The maximum absolute atomic E-state index is 13.0. The molecule has 3 aromatic carbocycles. The van der Waals surface area contributed by atoms with Gasteiger partial charge in [0, 0.05) is 11.0 Å². The van der Waals surface area contributed by atoms with E-state index in [0.29, 0.717) is 34.5 Å². The van der Waals surface area contributed by atoms with Crippen molar-refractivity contribution in [2.75, 3.05) is 13.7 Å². The molecular weight excluding hydrogens is 528 g/mol. The third kappa shape index (κ3) is 6.21. The van der Waals surface area contributed by atoms with E-state index in [9.17, 15) is 9.59 Å². The van der Waals surface area contributed by atoms with E-state index >= 15 is 0 Å². The second-order valence-electron chi connectivity index (χ2n) is 7.58. The van der Waals surface area contributed by atoms with E-state index in [1.165, 1.54) is 18.9 Å². The molecule has 1 heterocycles. The van der Waals surface area contributed by atoms with Crippen LogP contribution in [-0.4, -0.2) is 35.6 Å². The second-order valence-corrected chi connectivity index (χ2v) is 9.51. The van der Waals surface area contributed by atoms with Crippen LogP contribution in [0.1, 0.15) is 28.4 Å². The second kappa shape index (κ2) is 11.4. The molecule has 4 rings (SSSR count). The summed E-state index contributed by atoms with van der Waals surface area (Å²) in [5.74, 6) is 0.221. The Kier molecular flexibility index (Phi) is 8.05. The number of halogens is 1. The van der Waals surface area contributed by atoms with Gasteiger partial charge in [0.1, 0.15) is 12.4 Å². The Morgan fingerprint density at radius 2 is 1.83 bits per heavy atom. The van der Waals surface area contributed by atoms with Gasteiger partial charge in [0.05, 0.1) is 23.3 Å². The number of rotatable bonds is 7. The number of aliphatic imine (C=N–C) groups is 1. The van der Waals surface area contributed by atoms with Crippen molar-refractivity contribution >= 4 is 56.5 Å². The van der Waals surface area contributed by atoms with Crippen molar-refractivity contribution in [2.45, 2.75) is 13.5 Å². The van der Waals surface area contributed by atoms with Gasteiger partial charge in [-0.3, -0.25) is 9.69 Å². The highest BCUT2D eigenvalue weighted by Crippen LogP contribution is 2.34. The molecule has 8 heteroatoms. The number of nitrogens with zero attached hydrogens (tertiary/aromatic N) is 2. The van der Waals surface area contributed by atoms with Gasteiger partial charge < -0.3 is 9.47 Å². The zero-order valence-electron chi connectivity index (χ0n) is 19.2. The number of carbonyl (C=O) groups excluding carboxylic acids is 2. The first-order chi connectivity index (χ1) is 17.0. The van der Waals surface area contributed by atoms with Crippen molar-refractivity contribution in [2.24, 2.45) is 4.99 Å². The summed E-state index contributed by atoms with van der Waals surface area (Å²) in [7, 11) is 1.34. The minimum absolute atomic E-state index is 0.101. The molecule has 0 spiro atoms. The van der Waals surface area contributed by atoms with E-state index in [1.807, 2.05) is 61.5 Å². The summed E-state index contributed by atoms with van der Waals surface area (Å²) in [6.45, 7) is 2.87. The van der Waals surface area contributed by atoms with Gasteiger partial charge in [0.15, 0.2) is 5.17 Å². The molecule has 1 fully saturated rings. The molecule has 0 aromatic heterocycles. The van der Waals surface area contributed by atoms with Gasteiger partial charge in [0.25, 0.3) is 5.91 Å². The summed E-state index contributed by atoms with van der Waals surface area (Å²) in [6.07, 6.45) is 1.85. The first kappa shape index (κ1) is 24.8. The van der Waals surface area contributed by atoms with Crippen molar-refractivity contribution < 1.29 is 19.1 Å². The SMILES string of the molecule is CCN1C(=O)C(=Cc2ccc(OCc3ccc(Br)cc3)cc2)SC1=Nc1cccc(C(=O)OC)c1. The molecule has 0 aliphatic carbocycles. The normalized spacial score (nSPS) is 15.6. The average molecular weight is 551 g/mol. The van der Waals surface area contributed by atoms with Crippen LogP contribution in [-0.2, 0) is 16.1 Å². The van der Waals surface area contributed by atoms with E-state index in [4.69, 9.17) is 9.47 Å². The van der Waals surface area contributed by atoms with Crippen LogP contribution in [0.15, 0.2) is 87.2 Å². The number of methoxy groups -OCH3 is 1. The fourth-order valence-electron chi connectivity index (χ4n) is 3.36. The van der Waals surface area contributed by atoms with E-state index in [-0.39, 0.29) is 5.91 Å². The molecule has 0 atom stereocenters. The number of amides is 1. The summed E-state index contributed by atoms with van der Waals surface area (Å²) < 4.78 is 11.7. The Balaban J connectivity index is 1.48. The Morgan fingerprint density at radius 1 is 1.09 bits per heavy atom. The summed E-state index contributed by atoms with van der Waals surface area (Å²) in [6, 6.07) is 22.4. The van der Waals surface area contributed by atoms with E-state index in [2.05, 4.69) is 20.9 Å². The van der Waals surface area contributed by atoms with Crippen molar-refractivity contribution in [3.8, 4) is 5.75 Å². The zero-order chi connectivity index (χ0) is 24.8. The largest absolute Gasteiger partial charge is 0.489 e. The number of thioether (sulfide) groups is 1. The highest BCUT2D eigenvalue weighted by Gasteiger charge is 2.32. The van der Waals surface area contributed by atoms with E-state index < -0.39 is 5.97 Å². The number of likely N-dealkylation sites (N-methyl/N-ethyl adjacent to an activating group) is 1. The standard InChI is InChI=1S/C27H23BrN2O4S/c1-3-30-25(31)24(35-27(30)29-22-6-4-5-20(16-22)26(32)33-2)15-18-9-13-23(14-10-18)34-17-19-7-11-21(28)12-8-19/h4-16H,3,17H2,1-2H3. The van der Waals surface area contributed by atoms with Crippen LogP contribution in [0, 0.1) is 0 Å². The molecule has 6 nitrogen and oxygen atoms in total. The Morgan fingerprint density at radius 3 is 2.51 bits per heavy atom. The Bertz CT molecular complexity index is 1290. The summed E-state index contributed by atoms with van der Waals surface area (Å²) in [4.78, 5) is 31.6. The molecule has 3 aromatic rings. The van der Waals surface area contributed by atoms with Crippen molar-refractivity contribution in [1.82, 2.24) is 4.90 Å². The molecule has 178 valence electrons. The monoisotopic (exact) mass is 550 g/mol. The van der Waals surface area contributed by atoms with Gasteiger partial charge in [-0.05, 0) is 78.4 Å². The van der Waals surface area contributed by atoms with E-state index in [1.54, 1.807) is 29.2 Å². The lowest BCUT2D eigenvalue weighted by Gasteiger charge is -2.12. The summed E-state index contributed by atoms with van der Waals surface area (Å²) >= 11 is 4.74. The number of carbonyl (C=O) groups is 2. The number of ether oxygens (including phenoxy) is 2. The molecule has 0 saturated carbocycles. The summed E-state index contributed by atoms with van der Waals surface area (Å²) in [5.41, 5.74) is 2.96. The molecule has 35 heavy (non-hydrogen) atoms. The van der Waals surface area contributed by atoms with Gasteiger partial charge in [-0.25, -0.2) is 9.79 Å². The third-order valence-electron chi connectivity index (χ3n) is 5.19. The lowest BCUT2D eigenvalue weighted by atomic mass is 10.2. The van der Waals surface area contributed by atoms with Crippen molar-refractivity contribution in [3.63, 3.8) is 0 Å². The number of hydrogen-bond donors (Lipinski definition) is 0. The lowest BCUT2D eigenvalue weighted by Crippen LogP contribution is -2.28. The van der Waals surface area contributed by atoms with Gasteiger partial charge >= 0.3 is 5.97 Å². The minimum atomic E-state index is -0.431. The van der Waals surface area contributed by atoms with Crippen LogP contribution in [0.5, 0.6) is 5.75 Å². The van der Waals surface area contributed by atoms with Crippen LogP contribution < -0.4 is 4.74 Å². The first-order valence-corrected chi connectivity index (χ1v) is 12.5. The van der Waals surface area contributed by atoms with Crippen LogP contribution in [0.2, 0.25) is 0 Å². The number of hydrogen-bond acceptors (Lipinski definition) is 6. The van der Waals surface area contributed by atoms with Gasteiger partial charge in [-0.1, -0.05) is 46.3 Å². The van der Waals surface area contributed by atoms with Gasteiger partial charge in [-0.15, -0.1) is 0 Å². The maximum Gasteiger partial charge on any atom is 0.337 e. The molecule has 1 amide bonds. The highest BCUT2D eigenvalue weighted by atomic mass is 79.9. The first-order valence-electron chi connectivity index (χ1n) is 10.9. The highest BCUT2D eigenvalue weighted by molar-refractivity contribution is 9.10. The Labute approximate surface area is 216 Å². The predicted molar refractivity (Wildman–Crippen MR) is 143 cm³/mol. The number of esters is 1. The van der Waals surface area contributed by atoms with Crippen molar-refractivity contribution in [3.05, 3.63) is 98.9 Å². The molecule has 1 aliphatic rings. The lowest BCUT2D eigenvalue weighted by molar-refractivity contribution is -0.122. The van der Waals surface area contributed by atoms with Crippen LogP contribution in [0.3, 0.4) is 0 Å². The number of amidine groups is 1. The zero-order valence-corrected chi connectivity index (χ0v) is 21.6. The van der Waals surface area contributed by atoms with Crippen LogP contribution in [0.4, 0.5) is 5.69 Å². The van der Waals surface area contributed by atoms with Gasteiger partial charge in [0.2, 0.25) is 0 Å². The van der Waals surface area contributed by atoms with Crippen molar-refractivity contribution in [1.29, 1.82) is 0 Å². The number of benzene rings is 3. The topological polar surface area (TPSA) is 68.2 Å². The fourth-order valence-corrected chi connectivity index (χ4v) is 4.69. The molecular formula is C27H23BrN2O4S. The molecule has 0 N–H and O–H groups in total. The molecule has 0 bridgehead atoms. The van der Waals surface area contributed by atoms with E-state index in [0.717, 1.165) is 21.3 Å². The molecule has 0 radical (unpaired) electrons.